The summed E-state index contributed by atoms with van der Waals surface area (Å²) in [7, 11) is 0. The van der Waals surface area contributed by atoms with Crippen LogP contribution in [0.1, 0.15) is 0 Å². The van der Waals surface area contributed by atoms with E-state index in [0.29, 0.717) is 17.2 Å². The van der Waals surface area contributed by atoms with Crippen molar-refractivity contribution in [1.29, 1.82) is 0 Å². The normalized spacial score (nSPS) is 12.7. The molecule has 0 aliphatic rings. The number of benzene rings is 8. The number of hydrogen-bond acceptors (Lipinski definition) is 4. The van der Waals surface area contributed by atoms with E-state index >= 15 is 0 Å². The topological polar surface area (TPSA) is 57.0 Å². The standard InChI is InChI=1S/C50H25N3O2/c1-2-12-27-26(11-1)31-17-10-20-38-43(31)45-39(25-37-29-14-4-3-13-28(29)32-23-24-33(27)44(45)42(32)37)53(38)50-51-46-35-16-6-8-22-41(35)55-49(46)47(52-50)36-19-9-18-34-30-15-5-7-21-40(30)54-48(34)36/h1-25H. The van der Waals surface area contributed by atoms with Gasteiger partial charge in [-0.2, -0.15) is 0 Å². The Hall–Kier alpha value is -7.50. The summed E-state index contributed by atoms with van der Waals surface area (Å²) in [5.41, 5.74) is 7.49. The molecule has 14 aromatic rings. The van der Waals surface area contributed by atoms with Gasteiger partial charge in [-0.25, -0.2) is 9.97 Å². The molecule has 0 aliphatic heterocycles. The number of para-hydroxylation sites is 3. The average Bonchev–Trinajstić information content (AvgIpc) is 3.97. The molecule has 10 aromatic carbocycles. The van der Waals surface area contributed by atoms with E-state index in [-0.39, 0.29) is 0 Å². The fourth-order valence-corrected chi connectivity index (χ4v) is 9.90. The first-order valence-corrected chi connectivity index (χ1v) is 18.7. The van der Waals surface area contributed by atoms with Gasteiger partial charge in [-0.3, -0.25) is 4.57 Å². The van der Waals surface area contributed by atoms with Crippen LogP contribution < -0.4 is 0 Å². The van der Waals surface area contributed by atoms with Crippen LogP contribution in [0.3, 0.4) is 0 Å². The molecule has 0 amide bonds. The zero-order valence-corrected chi connectivity index (χ0v) is 29.1. The SMILES string of the molecule is c1ccc2c(c1)oc1c(-c3nc(-n4c5cccc6c7ccccc7c7ccc8c9ccccc9c9cc4c(c7c89)c65)nc4c3oc3ccccc34)cccc12. The number of hydrogen-bond donors (Lipinski definition) is 0. The van der Waals surface area contributed by atoms with E-state index in [4.69, 9.17) is 18.8 Å². The van der Waals surface area contributed by atoms with Crippen molar-refractivity contribution >= 4 is 120 Å². The summed E-state index contributed by atoms with van der Waals surface area (Å²) >= 11 is 0. The van der Waals surface area contributed by atoms with Crippen molar-refractivity contribution in [3.63, 3.8) is 0 Å². The van der Waals surface area contributed by atoms with Gasteiger partial charge in [0.2, 0.25) is 5.95 Å². The van der Waals surface area contributed by atoms with Crippen LogP contribution in [0.5, 0.6) is 0 Å². The first kappa shape index (κ1) is 28.1. The summed E-state index contributed by atoms with van der Waals surface area (Å²) in [6, 6.07) is 54.0. The van der Waals surface area contributed by atoms with Crippen LogP contribution in [0.25, 0.3) is 137 Å². The average molecular weight is 700 g/mol. The van der Waals surface area contributed by atoms with Crippen LogP contribution in [0.2, 0.25) is 0 Å². The fourth-order valence-electron chi connectivity index (χ4n) is 9.90. The highest BCUT2D eigenvalue weighted by Crippen LogP contribution is 2.50. The molecule has 0 saturated heterocycles. The van der Waals surface area contributed by atoms with E-state index < -0.39 is 0 Å². The number of fused-ring (bicyclic) bond motifs is 12. The van der Waals surface area contributed by atoms with Gasteiger partial charge in [-0.05, 0) is 84.9 Å². The van der Waals surface area contributed by atoms with Crippen molar-refractivity contribution in [1.82, 2.24) is 14.5 Å². The molecule has 0 fully saturated rings. The van der Waals surface area contributed by atoms with Gasteiger partial charge in [0, 0.05) is 37.9 Å². The van der Waals surface area contributed by atoms with Crippen LogP contribution in [-0.2, 0) is 0 Å². The number of rotatable bonds is 2. The lowest BCUT2D eigenvalue weighted by molar-refractivity contribution is 0.662. The van der Waals surface area contributed by atoms with Crippen LogP contribution in [0.4, 0.5) is 0 Å². The monoisotopic (exact) mass is 699 g/mol. The highest BCUT2D eigenvalue weighted by atomic mass is 16.3. The Morgan fingerprint density at radius 2 is 0.927 bits per heavy atom. The van der Waals surface area contributed by atoms with Crippen molar-refractivity contribution in [2.45, 2.75) is 0 Å². The second kappa shape index (κ2) is 9.72. The quantitative estimate of drug-likeness (QED) is 0.180. The first-order chi connectivity index (χ1) is 27.3. The van der Waals surface area contributed by atoms with Crippen LogP contribution in [0.15, 0.2) is 160 Å². The molecule has 0 atom stereocenters. The summed E-state index contributed by atoms with van der Waals surface area (Å²) in [4.78, 5) is 11.0. The summed E-state index contributed by atoms with van der Waals surface area (Å²) in [5, 5.41) is 18.1. The van der Waals surface area contributed by atoms with Gasteiger partial charge in [0.15, 0.2) is 5.58 Å². The Labute approximate surface area is 310 Å². The molecule has 0 unspecified atom stereocenters. The Balaban J connectivity index is 1.22. The Morgan fingerprint density at radius 3 is 1.69 bits per heavy atom. The largest absolute Gasteiger partial charge is 0.455 e. The van der Waals surface area contributed by atoms with E-state index in [1.807, 2.05) is 30.3 Å². The first-order valence-electron chi connectivity index (χ1n) is 18.7. The van der Waals surface area contributed by atoms with Gasteiger partial charge in [-0.1, -0.05) is 115 Å². The maximum Gasteiger partial charge on any atom is 0.236 e. The third kappa shape index (κ3) is 3.36. The molecule has 0 spiro atoms. The molecule has 5 heteroatoms. The van der Waals surface area contributed by atoms with Crippen molar-refractivity contribution < 1.29 is 8.83 Å². The number of aromatic nitrogens is 3. The Bertz CT molecular complexity index is 3960. The van der Waals surface area contributed by atoms with Gasteiger partial charge >= 0.3 is 0 Å². The molecule has 4 aromatic heterocycles. The molecule has 4 heterocycles. The minimum atomic E-state index is 0.587. The van der Waals surface area contributed by atoms with Gasteiger partial charge in [0.1, 0.15) is 28.0 Å². The minimum absolute atomic E-state index is 0.587. The summed E-state index contributed by atoms with van der Waals surface area (Å²) in [6.45, 7) is 0. The maximum absolute atomic E-state index is 6.66. The third-order valence-corrected chi connectivity index (χ3v) is 12.1. The molecule has 0 aliphatic carbocycles. The lowest BCUT2D eigenvalue weighted by Crippen LogP contribution is -2.03. The molecule has 55 heavy (non-hydrogen) atoms. The van der Waals surface area contributed by atoms with Crippen LogP contribution in [-0.4, -0.2) is 14.5 Å². The maximum atomic E-state index is 6.66. The Kier molecular flexibility index (Phi) is 4.96. The molecule has 0 bridgehead atoms. The van der Waals surface area contributed by atoms with Crippen molar-refractivity contribution in [3.8, 4) is 17.2 Å². The van der Waals surface area contributed by atoms with Gasteiger partial charge in [-0.15, -0.1) is 0 Å². The minimum Gasteiger partial charge on any atom is -0.455 e. The second-order valence-corrected chi connectivity index (χ2v) is 14.8. The predicted molar refractivity (Wildman–Crippen MR) is 226 cm³/mol. The molecule has 0 N–H and O–H groups in total. The van der Waals surface area contributed by atoms with E-state index in [2.05, 4.69) is 126 Å². The summed E-state index contributed by atoms with van der Waals surface area (Å²) in [6.07, 6.45) is 0. The van der Waals surface area contributed by atoms with E-state index in [0.717, 1.165) is 55.0 Å². The number of nitrogens with zero attached hydrogens (tertiary/aromatic N) is 3. The molecular formula is C50H25N3O2. The van der Waals surface area contributed by atoms with E-state index in [1.54, 1.807) is 0 Å². The summed E-state index contributed by atoms with van der Waals surface area (Å²) < 4.78 is 15.6. The van der Waals surface area contributed by atoms with Crippen LogP contribution in [0, 0.1) is 0 Å². The number of furan rings is 2. The van der Waals surface area contributed by atoms with Crippen molar-refractivity contribution in [2.24, 2.45) is 0 Å². The zero-order valence-electron chi connectivity index (χ0n) is 29.1. The van der Waals surface area contributed by atoms with Gasteiger partial charge in [0.25, 0.3) is 0 Å². The molecule has 0 radical (unpaired) electrons. The van der Waals surface area contributed by atoms with E-state index in [1.165, 1.54) is 64.6 Å². The lowest BCUT2D eigenvalue weighted by Gasteiger charge is -2.11. The van der Waals surface area contributed by atoms with Crippen molar-refractivity contribution in [2.75, 3.05) is 0 Å². The van der Waals surface area contributed by atoms with E-state index in [9.17, 15) is 0 Å². The predicted octanol–water partition coefficient (Wildman–Crippen LogP) is 13.7. The molecule has 5 nitrogen and oxygen atoms in total. The molecular weight excluding hydrogens is 675 g/mol. The summed E-state index contributed by atoms with van der Waals surface area (Å²) in [5.74, 6) is 0.587. The highest BCUT2D eigenvalue weighted by molar-refractivity contribution is 6.44. The third-order valence-electron chi connectivity index (χ3n) is 12.1. The lowest BCUT2D eigenvalue weighted by atomic mass is 9.97. The Morgan fingerprint density at radius 1 is 0.364 bits per heavy atom. The second-order valence-electron chi connectivity index (χ2n) is 14.8. The van der Waals surface area contributed by atoms with Gasteiger partial charge in [0.05, 0.1) is 11.0 Å². The molecule has 14 rings (SSSR count). The highest BCUT2D eigenvalue weighted by Gasteiger charge is 2.27. The molecule has 0 saturated carbocycles. The fraction of sp³-hybridized carbons (Fsp3) is 0. The van der Waals surface area contributed by atoms with Crippen LogP contribution >= 0.6 is 0 Å². The van der Waals surface area contributed by atoms with Crippen molar-refractivity contribution in [3.05, 3.63) is 152 Å². The molecule has 252 valence electrons. The zero-order chi connectivity index (χ0) is 35.5. The van der Waals surface area contributed by atoms with Gasteiger partial charge < -0.3 is 8.83 Å². The smallest absolute Gasteiger partial charge is 0.236 e.